The van der Waals surface area contributed by atoms with Gasteiger partial charge in [-0.05, 0) is 26.2 Å². The third kappa shape index (κ3) is 2.01. The molecule has 2 rings (SSSR count). The van der Waals surface area contributed by atoms with Crippen molar-refractivity contribution in [1.29, 1.82) is 0 Å². The molecule has 2 heterocycles. The van der Waals surface area contributed by atoms with Crippen molar-refractivity contribution in [2.45, 2.75) is 19.0 Å². The van der Waals surface area contributed by atoms with Gasteiger partial charge in [0.05, 0.1) is 5.56 Å². The fourth-order valence-electron chi connectivity index (χ4n) is 1.44. The van der Waals surface area contributed by atoms with Crippen LogP contribution in [-0.2, 0) is 0 Å². The maximum atomic E-state index is 5.62. The van der Waals surface area contributed by atoms with Crippen LogP contribution in [0.25, 0.3) is 11.4 Å². The van der Waals surface area contributed by atoms with Crippen molar-refractivity contribution in [2.75, 3.05) is 12.0 Å². The maximum Gasteiger partial charge on any atom is 0.224 e. The van der Waals surface area contributed by atoms with Crippen molar-refractivity contribution in [3.8, 4) is 11.4 Å². The zero-order chi connectivity index (χ0) is 11.7. The largest absolute Gasteiger partial charge is 0.466 e. The zero-order valence-electron chi connectivity index (χ0n) is 9.31. The molecular formula is C10H12N4OS. The predicted molar refractivity (Wildman–Crippen MR) is 63.2 cm³/mol. The quantitative estimate of drug-likeness (QED) is 0.804. The summed E-state index contributed by atoms with van der Waals surface area (Å²) in [5, 5.41) is 0.612. The van der Waals surface area contributed by atoms with E-state index in [1.54, 1.807) is 0 Å². The van der Waals surface area contributed by atoms with Gasteiger partial charge in [-0.3, -0.25) is 0 Å². The third-order valence-corrected chi connectivity index (χ3v) is 2.64. The van der Waals surface area contributed by atoms with Gasteiger partial charge in [-0.2, -0.15) is 9.97 Å². The minimum Gasteiger partial charge on any atom is -0.466 e. The van der Waals surface area contributed by atoms with Crippen LogP contribution in [0.3, 0.4) is 0 Å². The van der Waals surface area contributed by atoms with E-state index in [1.807, 2.05) is 26.2 Å². The summed E-state index contributed by atoms with van der Waals surface area (Å²) in [4.78, 5) is 12.4. The molecule has 0 radical (unpaired) electrons. The molecule has 84 valence electrons. The number of aryl methyl sites for hydroxylation is 2. The Hall–Kier alpha value is -1.56. The second-order valence-corrected chi connectivity index (χ2v) is 4.10. The van der Waals surface area contributed by atoms with Gasteiger partial charge in [0.1, 0.15) is 11.5 Å². The Labute approximate surface area is 97.5 Å². The van der Waals surface area contributed by atoms with Crippen LogP contribution in [0.4, 0.5) is 5.95 Å². The van der Waals surface area contributed by atoms with Crippen LogP contribution in [0.5, 0.6) is 0 Å². The molecule has 0 atom stereocenters. The van der Waals surface area contributed by atoms with Crippen molar-refractivity contribution in [1.82, 2.24) is 15.0 Å². The first kappa shape index (κ1) is 10.9. The van der Waals surface area contributed by atoms with Crippen LogP contribution < -0.4 is 5.73 Å². The summed E-state index contributed by atoms with van der Waals surface area (Å²) >= 11 is 1.43. The Morgan fingerprint density at radius 2 is 2.00 bits per heavy atom. The first-order chi connectivity index (χ1) is 7.60. The van der Waals surface area contributed by atoms with E-state index in [9.17, 15) is 0 Å². The molecule has 0 fully saturated rings. The van der Waals surface area contributed by atoms with E-state index in [0.29, 0.717) is 11.0 Å². The Morgan fingerprint density at radius 3 is 2.56 bits per heavy atom. The lowest BCUT2D eigenvalue weighted by Crippen LogP contribution is -2.01. The van der Waals surface area contributed by atoms with E-state index < -0.39 is 0 Å². The van der Waals surface area contributed by atoms with Crippen molar-refractivity contribution < 1.29 is 4.42 Å². The van der Waals surface area contributed by atoms with E-state index in [1.165, 1.54) is 11.8 Å². The standard InChI is InChI=1S/C10H12N4OS/c1-5-4-7(6(2)15-5)8-12-9(11)14-10(13-8)16-3/h4H,1-3H3,(H2,11,12,13,14). The summed E-state index contributed by atoms with van der Waals surface area (Å²) in [5.74, 6) is 2.41. The first-order valence-corrected chi connectivity index (χ1v) is 5.95. The molecule has 0 aliphatic carbocycles. The monoisotopic (exact) mass is 236 g/mol. The highest BCUT2D eigenvalue weighted by Gasteiger charge is 2.12. The van der Waals surface area contributed by atoms with Crippen LogP contribution >= 0.6 is 11.8 Å². The molecule has 2 N–H and O–H groups in total. The minimum atomic E-state index is 0.229. The Kier molecular flexibility index (Phi) is 2.82. The zero-order valence-corrected chi connectivity index (χ0v) is 10.1. The van der Waals surface area contributed by atoms with Crippen molar-refractivity contribution in [3.05, 3.63) is 17.6 Å². The molecule has 2 aromatic heterocycles. The number of furan rings is 1. The van der Waals surface area contributed by atoms with Gasteiger partial charge >= 0.3 is 0 Å². The molecule has 0 aliphatic rings. The molecule has 0 spiro atoms. The number of rotatable bonds is 2. The Balaban J connectivity index is 2.55. The van der Waals surface area contributed by atoms with Crippen LogP contribution in [-0.4, -0.2) is 21.2 Å². The van der Waals surface area contributed by atoms with Crippen molar-refractivity contribution >= 4 is 17.7 Å². The van der Waals surface area contributed by atoms with Gasteiger partial charge in [-0.1, -0.05) is 11.8 Å². The minimum absolute atomic E-state index is 0.229. The van der Waals surface area contributed by atoms with E-state index >= 15 is 0 Å². The topological polar surface area (TPSA) is 77.8 Å². The van der Waals surface area contributed by atoms with Gasteiger partial charge in [-0.25, -0.2) is 4.98 Å². The SMILES string of the molecule is CSc1nc(N)nc(-c2cc(C)oc2C)n1. The second kappa shape index (κ2) is 4.13. The fraction of sp³-hybridized carbons (Fsp3) is 0.300. The van der Waals surface area contributed by atoms with Crippen LogP contribution in [0, 0.1) is 13.8 Å². The van der Waals surface area contributed by atoms with Crippen LogP contribution in [0.15, 0.2) is 15.6 Å². The maximum absolute atomic E-state index is 5.62. The van der Waals surface area contributed by atoms with E-state index in [0.717, 1.165) is 17.1 Å². The number of hydrogen-bond donors (Lipinski definition) is 1. The van der Waals surface area contributed by atoms with Crippen molar-refractivity contribution in [2.24, 2.45) is 0 Å². The molecule has 6 heteroatoms. The molecule has 2 aromatic rings. The van der Waals surface area contributed by atoms with Crippen LogP contribution in [0.2, 0.25) is 0 Å². The van der Waals surface area contributed by atoms with E-state index in [-0.39, 0.29) is 5.95 Å². The Bertz CT molecular complexity index is 524. The molecule has 0 aromatic carbocycles. The molecule has 0 saturated carbocycles. The number of aromatic nitrogens is 3. The summed E-state index contributed by atoms with van der Waals surface area (Å²) in [5.41, 5.74) is 6.49. The van der Waals surface area contributed by atoms with E-state index in [2.05, 4.69) is 15.0 Å². The van der Waals surface area contributed by atoms with Gasteiger partial charge < -0.3 is 10.2 Å². The number of thioether (sulfide) groups is 1. The second-order valence-electron chi connectivity index (χ2n) is 3.33. The molecule has 0 aliphatic heterocycles. The average molecular weight is 236 g/mol. The molecule has 0 saturated heterocycles. The number of nitrogen functional groups attached to an aromatic ring is 1. The lowest BCUT2D eigenvalue weighted by atomic mass is 10.2. The summed E-state index contributed by atoms with van der Waals surface area (Å²) in [6.07, 6.45) is 1.89. The molecule has 0 unspecified atom stereocenters. The predicted octanol–water partition coefficient (Wildman–Crippen LogP) is 2.05. The molecule has 16 heavy (non-hydrogen) atoms. The first-order valence-electron chi connectivity index (χ1n) is 4.73. The summed E-state index contributed by atoms with van der Waals surface area (Å²) in [6.45, 7) is 3.76. The Morgan fingerprint density at radius 1 is 1.25 bits per heavy atom. The van der Waals surface area contributed by atoms with Crippen LogP contribution in [0.1, 0.15) is 11.5 Å². The molecule has 5 nitrogen and oxygen atoms in total. The number of nitrogens with two attached hydrogens (primary N) is 1. The summed E-state index contributed by atoms with van der Waals surface area (Å²) in [7, 11) is 0. The van der Waals surface area contributed by atoms with E-state index in [4.69, 9.17) is 10.2 Å². The van der Waals surface area contributed by atoms with Gasteiger partial charge in [0.2, 0.25) is 5.95 Å². The lowest BCUT2D eigenvalue weighted by Gasteiger charge is -2.01. The average Bonchev–Trinajstić information content (AvgIpc) is 2.57. The van der Waals surface area contributed by atoms with Gasteiger partial charge in [0.15, 0.2) is 11.0 Å². The van der Waals surface area contributed by atoms with Gasteiger partial charge in [0.25, 0.3) is 0 Å². The van der Waals surface area contributed by atoms with Crippen molar-refractivity contribution in [3.63, 3.8) is 0 Å². The lowest BCUT2D eigenvalue weighted by molar-refractivity contribution is 0.505. The van der Waals surface area contributed by atoms with Gasteiger partial charge in [0, 0.05) is 0 Å². The highest BCUT2D eigenvalue weighted by molar-refractivity contribution is 7.98. The smallest absolute Gasteiger partial charge is 0.224 e. The number of nitrogens with zero attached hydrogens (tertiary/aromatic N) is 3. The fourth-order valence-corrected chi connectivity index (χ4v) is 1.80. The highest BCUT2D eigenvalue weighted by atomic mass is 32.2. The highest BCUT2D eigenvalue weighted by Crippen LogP contribution is 2.25. The molecule has 0 amide bonds. The number of anilines is 1. The summed E-state index contributed by atoms with van der Waals surface area (Å²) in [6, 6.07) is 1.90. The number of hydrogen-bond acceptors (Lipinski definition) is 6. The third-order valence-electron chi connectivity index (χ3n) is 2.10. The van der Waals surface area contributed by atoms with Gasteiger partial charge in [-0.15, -0.1) is 0 Å². The normalized spacial score (nSPS) is 10.7. The molecular weight excluding hydrogens is 224 g/mol. The molecule has 0 bridgehead atoms. The summed E-state index contributed by atoms with van der Waals surface area (Å²) < 4.78 is 5.43.